The van der Waals surface area contributed by atoms with Crippen molar-refractivity contribution < 1.29 is 22.7 Å². The van der Waals surface area contributed by atoms with E-state index in [0.717, 1.165) is 18.4 Å². The van der Waals surface area contributed by atoms with Crippen LogP contribution in [0.3, 0.4) is 0 Å². The lowest BCUT2D eigenvalue weighted by Gasteiger charge is -2.29. The van der Waals surface area contributed by atoms with Gasteiger partial charge in [-0.1, -0.05) is 24.6 Å². The summed E-state index contributed by atoms with van der Waals surface area (Å²) >= 11 is 6.26. The minimum Gasteiger partial charge on any atom is -0.493 e. The SMILES string of the molecule is COc1ccc([C@@H](C)NC(=O)c2cc(S(=O)(=O)N3CCC(C)CC3)ccc2Cl)cc1OC. The van der Waals surface area contributed by atoms with Gasteiger partial charge in [0.25, 0.3) is 5.91 Å². The number of hydrogen-bond acceptors (Lipinski definition) is 5. The second-order valence-electron chi connectivity index (χ2n) is 8.04. The van der Waals surface area contributed by atoms with E-state index < -0.39 is 15.9 Å². The van der Waals surface area contributed by atoms with Crippen molar-refractivity contribution in [3.8, 4) is 11.5 Å². The summed E-state index contributed by atoms with van der Waals surface area (Å²) in [7, 11) is -0.598. The zero-order chi connectivity index (χ0) is 23.5. The first kappa shape index (κ1) is 24.4. The van der Waals surface area contributed by atoms with Gasteiger partial charge >= 0.3 is 0 Å². The Balaban J connectivity index is 1.81. The van der Waals surface area contributed by atoms with Crippen molar-refractivity contribution in [3.63, 3.8) is 0 Å². The molecule has 9 heteroatoms. The van der Waals surface area contributed by atoms with Crippen LogP contribution in [0.4, 0.5) is 0 Å². The number of rotatable bonds is 7. The summed E-state index contributed by atoms with van der Waals surface area (Å²) in [6, 6.07) is 9.25. The lowest BCUT2D eigenvalue weighted by atomic mass is 10.0. The first-order chi connectivity index (χ1) is 15.2. The Labute approximate surface area is 194 Å². The van der Waals surface area contributed by atoms with E-state index >= 15 is 0 Å². The molecule has 1 aliphatic heterocycles. The molecular formula is C23H29ClN2O5S. The van der Waals surface area contributed by atoms with E-state index in [2.05, 4.69) is 12.2 Å². The van der Waals surface area contributed by atoms with Crippen LogP contribution >= 0.6 is 11.6 Å². The number of methoxy groups -OCH3 is 2. The quantitative estimate of drug-likeness (QED) is 0.639. The fourth-order valence-electron chi connectivity index (χ4n) is 3.69. The van der Waals surface area contributed by atoms with Crippen LogP contribution in [0.5, 0.6) is 11.5 Å². The molecule has 0 saturated carbocycles. The fourth-order valence-corrected chi connectivity index (χ4v) is 5.39. The molecule has 0 spiro atoms. The van der Waals surface area contributed by atoms with Gasteiger partial charge in [0, 0.05) is 13.1 Å². The van der Waals surface area contributed by atoms with Crippen LogP contribution in [-0.2, 0) is 10.0 Å². The number of piperidine rings is 1. The highest BCUT2D eigenvalue weighted by atomic mass is 35.5. The molecule has 0 bridgehead atoms. The topological polar surface area (TPSA) is 84.9 Å². The van der Waals surface area contributed by atoms with Crippen LogP contribution in [-0.4, -0.2) is 45.9 Å². The van der Waals surface area contributed by atoms with Crippen molar-refractivity contribution in [3.05, 3.63) is 52.5 Å². The molecule has 32 heavy (non-hydrogen) atoms. The lowest BCUT2D eigenvalue weighted by Crippen LogP contribution is -2.38. The molecule has 0 aromatic heterocycles. The summed E-state index contributed by atoms with van der Waals surface area (Å²) in [5.74, 6) is 1.18. The zero-order valence-electron chi connectivity index (χ0n) is 18.7. The Hall–Kier alpha value is -2.29. The molecule has 0 unspecified atom stereocenters. The van der Waals surface area contributed by atoms with E-state index in [-0.39, 0.29) is 21.5 Å². The molecule has 174 valence electrons. The maximum Gasteiger partial charge on any atom is 0.253 e. The van der Waals surface area contributed by atoms with Crippen molar-refractivity contribution in [2.75, 3.05) is 27.3 Å². The van der Waals surface area contributed by atoms with E-state index in [1.54, 1.807) is 26.4 Å². The van der Waals surface area contributed by atoms with Crippen molar-refractivity contribution >= 4 is 27.5 Å². The van der Waals surface area contributed by atoms with E-state index in [9.17, 15) is 13.2 Å². The average molecular weight is 481 g/mol. The number of carbonyl (C=O) groups is 1. The van der Waals surface area contributed by atoms with Crippen LogP contribution in [0.2, 0.25) is 5.02 Å². The molecule has 1 saturated heterocycles. The molecular weight excluding hydrogens is 452 g/mol. The first-order valence-corrected chi connectivity index (χ1v) is 12.3. The number of sulfonamides is 1. The first-order valence-electron chi connectivity index (χ1n) is 10.5. The van der Waals surface area contributed by atoms with Crippen molar-refractivity contribution in [2.24, 2.45) is 5.92 Å². The van der Waals surface area contributed by atoms with Gasteiger partial charge in [-0.15, -0.1) is 0 Å². The van der Waals surface area contributed by atoms with Crippen molar-refractivity contribution in [1.29, 1.82) is 0 Å². The van der Waals surface area contributed by atoms with E-state index in [1.807, 2.05) is 13.0 Å². The predicted octanol–water partition coefficient (Wildman–Crippen LogP) is 4.27. The number of ether oxygens (including phenoxy) is 2. The van der Waals surface area contributed by atoms with E-state index in [1.165, 1.54) is 22.5 Å². The average Bonchev–Trinajstić information content (AvgIpc) is 2.78. The van der Waals surface area contributed by atoms with Crippen molar-refractivity contribution in [2.45, 2.75) is 37.6 Å². The Morgan fingerprint density at radius 3 is 2.38 bits per heavy atom. The number of hydrogen-bond donors (Lipinski definition) is 1. The standard InChI is InChI=1S/C23H29ClN2O5S/c1-15-9-11-26(12-10-15)32(28,29)18-6-7-20(24)19(14-18)23(27)25-16(2)17-5-8-21(30-3)22(13-17)31-4/h5-8,13-16H,9-12H2,1-4H3,(H,25,27)/t16-/m1/s1. The van der Waals surface area contributed by atoms with Gasteiger partial charge in [0.05, 0.1) is 35.7 Å². The fraction of sp³-hybridized carbons (Fsp3) is 0.435. The Kier molecular flexibility index (Phi) is 7.69. The van der Waals surface area contributed by atoms with Crippen LogP contribution in [0.15, 0.2) is 41.3 Å². The molecule has 0 radical (unpaired) electrons. The molecule has 3 rings (SSSR count). The third kappa shape index (κ3) is 5.19. The molecule has 1 heterocycles. The number of nitrogens with one attached hydrogen (secondary N) is 1. The van der Waals surface area contributed by atoms with Crippen LogP contribution in [0.1, 0.15) is 48.7 Å². The van der Waals surface area contributed by atoms with Gasteiger partial charge in [-0.3, -0.25) is 4.79 Å². The third-order valence-corrected chi connectivity index (χ3v) is 8.04. The van der Waals surface area contributed by atoms with Crippen LogP contribution < -0.4 is 14.8 Å². The summed E-state index contributed by atoms with van der Waals surface area (Å²) in [5.41, 5.74) is 0.920. The predicted molar refractivity (Wildman–Crippen MR) is 124 cm³/mol. The van der Waals surface area contributed by atoms with E-state index in [0.29, 0.717) is 30.5 Å². The summed E-state index contributed by atoms with van der Waals surface area (Å²) in [6.07, 6.45) is 1.64. The molecule has 1 fully saturated rings. The second kappa shape index (κ2) is 10.1. The maximum atomic E-state index is 13.1. The molecule has 1 amide bonds. The molecule has 2 aromatic carbocycles. The smallest absolute Gasteiger partial charge is 0.253 e. The van der Waals surface area contributed by atoms with Crippen molar-refractivity contribution in [1.82, 2.24) is 9.62 Å². The molecule has 2 aromatic rings. The summed E-state index contributed by atoms with van der Waals surface area (Å²) < 4.78 is 38.2. The minimum absolute atomic E-state index is 0.0698. The highest BCUT2D eigenvalue weighted by Crippen LogP contribution is 2.31. The summed E-state index contributed by atoms with van der Waals surface area (Å²) in [5, 5.41) is 3.07. The van der Waals surface area contributed by atoms with Gasteiger partial charge in [-0.05, 0) is 61.6 Å². The third-order valence-electron chi connectivity index (χ3n) is 5.82. The summed E-state index contributed by atoms with van der Waals surface area (Å²) in [4.78, 5) is 13.0. The lowest BCUT2D eigenvalue weighted by molar-refractivity contribution is 0.0939. The Morgan fingerprint density at radius 2 is 1.75 bits per heavy atom. The van der Waals surface area contributed by atoms with Gasteiger partial charge in [-0.2, -0.15) is 4.31 Å². The molecule has 1 aliphatic rings. The van der Waals surface area contributed by atoms with Crippen LogP contribution in [0, 0.1) is 5.92 Å². The van der Waals surface area contributed by atoms with E-state index in [4.69, 9.17) is 21.1 Å². The number of halogens is 1. The number of nitrogens with zero attached hydrogens (tertiary/aromatic N) is 1. The number of benzene rings is 2. The Bertz CT molecular complexity index is 1080. The zero-order valence-corrected chi connectivity index (χ0v) is 20.3. The number of carbonyl (C=O) groups excluding carboxylic acids is 1. The molecule has 1 atom stereocenters. The monoisotopic (exact) mass is 480 g/mol. The molecule has 7 nitrogen and oxygen atoms in total. The largest absolute Gasteiger partial charge is 0.493 e. The number of amides is 1. The van der Waals surface area contributed by atoms with Gasteiger partial charge in [0.15, 0.2) is 11.5 Å². The van der Waals surface area contributed by atoms with Gasteiger partial charge in [0.1, 0.15) is 0 Å². The maximum absolute atomic E-state index is 13.1. The molecule has 0 aliphatic carbocycles. The highest BCUT2D eigenvalue weighted by molar-refractivity contribution is 7.89. The van der Waals surface area contributed by atoms with Crippen LogP contribution in [0.25, 0.3) is 0 Å². The molecule has 1 N–H and O–H groups in total. The second-order valence-corrected chi connectivity index (χ2v) is 10.4. The minimum atomic E-state index is -3.69. The van der Waals surface area contributed by atoms with Gasteiger partial charge in [-0.25, -0.2) is 8.42 Å². The highest BCUT2D eigenvalue weighted by Gasteiger charge is 2.29. The summed E-state index contributed by atoms with van der Waals surface area (Å²) in [6.45, 7) is 4.89. The van der Waals surface area contributed by atoms with Gasteiger partial charge in [0.2, 0.25) is 10.0 Å². The van der Waals surface area contributed by atoms with Gasteiger partial charge < -0.3 is 14.8 Å². The Morgan fingerprint density at radius 1 is 1.09 bits per heavy atom. The normalized spacial score (nSPS) is 16.4.